The molecule has 106 valence electrons. The zero-order valence-electron chi connectivity index (χ0n) is 10.8. The molecule has 0 spiro atoms. The summed E-state index contributed by atoms with van der Waals surface area (Å²) in [5, 5.41) is 3.86. The first-order valence-electron chi connectivity index (χ1n) is 5.98. The second kappa shape index (κ2) is 6.65. The van der Waals surface area contributed by atoms with Gasteiger partial charge in [0, 0.05) is 16.6 Å². The molecule has 20 heavy (non-hydrogen) atoms. The van der Waals surface area contributed by atoms with Gasteiger partial charge < -0.3 is 10.7 Å². The van der Waals surface area contributed by atoms with Gasteiger partial charge in [-0.3, -0.25) is 4.79 Å². The zero-order chi connectivity index (χ0) is 14.5. The largest absolute Gasteiger partial charge is 0.346 e. The minimum atomic E-state index is -0.251. The molecule has 0 fully saturated rings. The van der Waals surface area contributed by atoms with Gasteiger partial charge in [-0.1, -0.05) is 18.5 Å². The smallest absolute Gasteiger partial charge is 0.251 e. The van der Waals surface area contributed by atoms with Gasteiger partial charge in [-0.2, -0.15) is 0 Å². The maximum atomic E-state index is 12.0. The van der Waals surface area contributed by atoms with Crippen molar-refractivity contribution < 1.29 is 4.79 Å². The lowest BCUT2D eigenvalue weighted by atomic mass is 10.2. The summed E-state index contributed by atoms with van der Waals surface area (Å²) in [5.41, 5.74) is 2.76. The lowest BCUT2D eigenvalue weighted by Crippen LogP contribution is -2.23. The van der Waals surface area contributed by atoms with Crippen molar-refractivity contribution in [3.05, 3.63) is 38.9 Å². The number of anilines is 1. The minimum Gasteiger partial charge on any atom is -0.346 e. The normalized spacial score (nSPS) is 10.3. The van der Waals surface area contributed by atoms with Crippen molar-refractivity contribution in [3.63, 3.8) is 0 Å². The number of thiazole rings is 1. The van der Waals surface area contributed by atoms with Crippen LogP contribution in [0.25, 0.3) is 0 Å². The Labute approximate surface area is 125 Å². The maximum Gasteiger partial charge on any atom is 0.251 e. The van der Waals surface area contributed by atoms with Crippen LogP contribution in [0.5, 0.6) is 0 Å². The molecule has 0 radical (unpaired) electrons. The monoisotopic (exact) mass is 311 g/mol. The summed E-state index contributed by atoms with van der Waals surface area (Å²) < 4.78 is 0. The van der Waals surface area contributed by atoms with Crippen LogP contribution in [0.3, 0.4) is 0 Å². The van der Waals surface area contributed by atoms with Crippen LogP contribution >= 0.6 is 22.9 Å². The van der Waals surface area contributed by atoms with E-state index in [0.717, 1.165) is 11.4 Å². The summed E-state index contributed by atoms with van der Waals surface area (Å²) in [6.45, 7) is 2.45. The highest BCUT2D eigenvalue weighted by molar-refractivity contribution is 7.11. The summed E-state index contributed by atoms with van der Waals surface area (Å²) in [4.78, 5) is 21.4. The Kier molecular flexibility index (Phi) is 4.89. The molecule has 0 aliphatic carbocycles. The lowest BCUT2D eigenvalue weighted by molar-refractivity contribution is 0.0951. The number of aryl methyl sites for hydroxylation is 1. The molecule has 2 heterocycles. The van der Waals surface area contributed by atoms with Crippen LogP contribution in [0.15, 0.2) is 18.3 Å². The van der Waals surface area contributed by atoms with Crippen molar-refractivity contribution in [2.24, 2.45) is 5.84 Å². The van der Waals surface area contributed by atoms with Gasteiger partial charge in [0.15, 0.2) is 0 Å². The predicted molar refractivity (Wildman–Crippen MR) is 79.7 cm³/mol. The third-order valence-electron chi connectivity index (χ3n) is 2.55. The molecular formula is C12H14ClN5OS. The van der Waals surface area contributed by atoms with Crippen LogP contribution in [-0.4, -0.2) is 15.9 Å². The Balaban J connectivity index is 2.02. The number of rotatable bonds is 5. The first-order chi connectivity index (χ1) is 9.62. The molecule has 8 heteroatoms. The van der Waals surface area contributed by atoms with Crippen molar-refractivity contribution in [2.45, 2.75) is 19.9 Å². The molecule has 4 N–H and O–H groups in total. The third-order valence-corrected chi connectivity index (χ3v) is 3.89. The van der Waals surface area contributed by atoms with Crippen LogP contribution in [0.4, 0.5) is 5.82 Å². The van der Waals surface area contributed by atoms with E-state index >= 15 is 0 Å². The topological polar surface area (TPSA) is 92.9 Å². The maximum absolute atomic E-state index is 12.0. The van der Waals surface area contributed by atoms with Gasteiger partial charge in [-0.05, 0) is 18.6 Å². The molecule has 2 aromatic rings. The summed E-state index contributed by atoms with van der Waals surface area (Å²) in [7, 11) is 0. The van der Waals surface area contributed by atoms with Crippen LogP contribution in [0, 0.1) is 0 Å². The second-order valence-corrected chi connectivity index (χ2v) is 5.55. The van der Waals surface area contributed by atoms with Gasteiger partial charge in [0.2, 0.25) is 0 Å². The fourth-order valence-corrected chi connectivity index (χ4v) is 2.56. The van der Waals surface area contributed by atoms with Crippen LogP contribution < -0.4 is 16.6 Å². The number of nitrogens with zero attached hydrogens (tertiary/aromatic N) is 2. The van der Waals surface area contributed by atoms with E-state index in [1.807, 2.05) is 6.20 Å². The van der Waals surface area contributed by atoms with Gasteiger partial charge in [0.05, 0.1) is 6.54 Å². The molecular weight excluding hydrogens is 298 g/mol. The number of halogens is 1. The number of pyridine rings is 1. The van der Waals surface area contributed by atoms with Crippen LogP contribution in [0.1, 0.15) is 27.2 Å². The number of amides is 1. The molecule has 2 rings (SSSR count). The van der Waals surface area contributed by atoms with Crippen LogP contribution in [-0.2, 0) is 13.0 Å². The molecule has 0 aliphatic heterocycles. The fourth-order valence-electron chi connectivity index (χ4n) is 1.55. The average Bonchev–Trinajstić information content (AvgIpc) is 2.92. The summed E-state index contributed by atoms with van der Waals surface area (Å²) in [6.07, 6.45) is 2.77. The number of nitrogens with two attached hydrogens (primary N) is 1. The molecule has 0 bridgehead atoms. The van der Waals surface area contributed by atoms with Gasteiger partial charge in [-0.25, -0.2) is 15.8 Å². The highest BCUT2D eigenvalue weighted by atomic mass is 35.5. The predicted octanol–water partition coefficient (Wildman–Crippen LogP) is 1.97. The number of nitrogen functional groups attached to an aromatic ring is 1. The van der Waals surface area contributed by atoms with E-state index in [1.54, 1.807) is 11.3 Å². The number of carbonyl (C=O) groups excluding carboxylic acids is 1. The average molecular weight is 312 g/mol. The Bertz CT molecular complexity index is 616. The van der Waals surface area contributed by atoms with E-state index in [4.69, 9.17) is 17.4 Å². The number of nitrogens with one attached hydrogen (secondary N) is 2. The molecule has 0 saturated heterocycles. The first kappa shape index (κ1) is 14.7. The minimum absolute atomic E-state index is 0.202. The Morgan fingerprint density at radius 2 is 2.30 bits per heavy atom. The number of hydrogen-bond acceptors (Lipinski definition) is 6. The van der Waals surface area contributed by atoms with E-state index in [9.17, 15) is 4.79 Å². The molecule has 1 amide bonds. The zero-order valence-corrected chi connectivity index (χ0v) is 12.4. The van der Waals surface area contributed by atoms with Crippen molar-refractivity contribution in [1.82, 2.24) is 15.3 Å². The highest BCUT2D eigenvalue weighted by Gasteiger charge is 2.10. The summed E-state index contributed by atoms with van der Waals surface area (Å²) in [5.74, 6) is 5.35. The van der Waals surface area contributed by atoms with E-state index < -0.39 is 0 Å². The summed E-state index contributed by atoms with van der Waals surface area (Å²) >= 11 is 7.40. The Hall–Kier alpha value is -1.70. The first-order valence-corrected chi connectivity index (χ1v) is 7.17. The SMILES string of the molecule is CCc1cnc(CNC(=O)c2cc(Cl)nc(NN)c2)s1. The van der Waals surface area contributed by atoms with E-state index in [-0.39, 0.29) is 11.1 Å². The Morgan fingerprint density at radius 3 is 2.95 bits per heavy atom. The highest BCUT2D eigenvalue weighted by Crippen LogP contribution is 2.15. The van der Waals surface area contributed by atoms with Crippen LogP contribution in [0.2, 0.25) is 5.15 Å². The van der Waals surface area contributed by atoms with Gasteiger partial charge in [0.25, 0.3) is 5.91 Å². The molecule has 0 unspecified atom stereocenters. The second-order valence-electron chi connectivity index (χ2n) is 3.96. The van der Waals surface area contributed by atoms with Crippen molar-refractivity contribution in [2.75, 3.05) is 5.43 Å². The molecule has 0 atom stereocenters. The van der Waals surface area contributed by atoms with Gasteiger partial charge in [-0.15, -0.1) is 11.3 Å². The number of carbonyl (C=O) groups is 1. The van der Waals surface area contributed by atoms with E-state index in [2.05, 4.69) is 27.6 Å². The number of hydrogen-bond donors (Lipinski definition) is 3. The van der Waals surface area contributed by atoms with Crippen molar-refractivity contribution in [1.29, 1.82) is 0 Å². The third kappa shape index (κ3) is 3.66. The van der Waals surface area contributed by atoms with E-state index in [1.165, 1.54) is 17.0 Å². The van der Waals surface area contributed by atoms with Gasteiger partial charge >= 0.3 is 0 Å². The lowest BCUT2D eigenvalue weighted by Gasteiger charge is -2.06. The number of aromatic nitrogens is 2. The standard InChI is InChI=1S/C12H14ClN5OS/c1-2-8-5-15-11(20-8)6-16-12(19)7-3-9(13)17-10(4-7)18-14/h3-5H,2,6,14H2,1H3,(H,16,19)(H,17,18). The summed E-state index contributed by atoms with van der Waals surface area (Å²) in [6, 6.07) is 3.01. The van der Waals surface area contributed by atoms with E-state index in [0.29, 0.717) is 17.9 Å². The quantitative estimate of drug-likeness (QED) is 0.446. The number of hydrazine groups is 1. The molecule has 6 nitrogen and oxygen atoms in total. The molecule has 0 aliphatic rings. The van der Waals surface area contributed by atoms with Gasteiger partial charge in [0.1, 0.15) is 16.0 Å². The van der Waals surface area contributed by atoms with Crippen molar-refractivity contribution >= 4 is 34.7 Å². The van der Waals surface area contributed by atoms with Crippen molar-refractivity contribution in [3.8, 4) is 0 Å². The molecule has 0 aromatic carbocycles. The molecule has 2 aromatic heterocycles. The Morgan fingerprint density at radius 1 is 1.50 bits per heavy atom. The molecule has 0 saturated carbocycles. The fraction of sp³-hybridized carbons (Fsp3) is 0.250.